The van der Waals surface area contributed by atoms with Crippen molar-refractivity contribution in [2.24, 2.45) is 64.1 Å². The molecular formula is C43H68O4. The molecule has 264 valence electrons. The predicted octanol–water partition coefficient (Wildman–Crippen LogP) is 11.0. The minimum atomic E-state index is -0.0626. The van der Waals surface area contributed by atoms with Crippen LogP contribution in [0.1, 0.15) is 158 Å². The van der Waals surface area contributed by atoms with E-state index in [2.05, 4.69) is 60.6 Å². The Balaban J connectivity index is 1.20. The van der Waals surface area contributed by atoms with Crippen LogP contribution in [-0.2, 0) is 19.1 Å². The molecule has 12 atom stereocenters. The molecule has 0 aliphatic heterocycles. The van der Waals surface area contributed by atoms with Crippen molar-refractivity contribution >= 4 is 11.9 Å². The van der Waals surface area contributed by atoms with Crippen LogP contribution in [0.3, 0.4) is 0 Å². The van der Waals surface area contributed by atoms with Crippen molar-refractivity contribution in [1.82, 2.24) is 0 Å². The van der Waals surface area contributed by atoms with Crippen molar-refractivity contribution in [3.63, 3.8) is 0 Å². The zero-order valence-corrected chi connectivity index (χ0v) is 31.2. The van der Waals surface area contributed by atoms with Gasteiger partial charge in [-0.05, 0) is 150 Å². The highest BCUT2D eigenvalue weighted by molar-refractivity contribution is 5.73. The van der Waals surface area contributed by atoms with Crippen molar-refractivity contribution in [2.75, 3.05) is 0 Å². The molecule has 0 aromatic heterocycles. The van der Waals surface area contributed by atoms with Gasteiger partial charge in [0.1, 0.15) is 12.2 Å². The Hall–Kier alpha value is -1.58. The van der Waals surface area contributed by atoms with E-state index in [0.717, 1.165) is 87.9 Å². The molecule has 0 heterocycles. The molecule has 0 spiro atoms. The molecular weight excluding hydrogens is 580 g/mol. The largest absolute Gasteiger partial charge is 0.462 e. The maximum Gasteiger partial charge on any atom is 0.309 e. The van der Waals surface area contributed by atoms with E-state index < -0.39 is 0 Å². The van der Waals surface area contributed by atoms with Gasteiger partial charge in [-0.1, -0.05) is 77.2 Å². The molecule has 0 radical (unpaired) electrons. The molecule has 6 rings (SSSR count). The smallest absolute Gasteiger partial charge is 0.309 e. The number of esters is 2. The van der Waals surface area contributed by atoms with E-state index in [4.69, 9.17) is 9.47 Å². The molecule has 4 nitrogen and oxygen atoms in total. The Labute approximate surface area is 287 Å². The third-order valence-corrected chi connectivity index (χ3v) is 15.3. The molecule has 0 saturated heterocycles. The lowest BCUT2D eigenvalue weighted by Crippen LogP contribution is -2.59. The monoisotopic (exact) mass is 649 g/mol. The third kappa shape index (κ3) is 7.19. The minimum absolute atomic E-state index is 0.00159. The maximum absolute atomic E-state index is 13.8. The molecule has 0 aromatic rings. The summed E-state index contributed by atoms with van der Waals surface area (Å²) in [4.78, 5) is 27.2. The molecule has 0 N–H and O–H groups in total. The zero-order chi connectivity index (χ0) is 33.5. The van der Waals surface area contributed by atoms with Crippen LogP contribution in [0.25, 0.3) is 0 Å². The van der Waals surface area contributed by atoms with Gasteiger partial charge in [0.25, 0.3) is 0 Å². The number of ether oxygens (including phenoxy) is 2. The molecule has 4 saturated carbocycles. The summed E-state index contributed by atoms with van der Waals surface area (Å²) in [5, 5.41) is 0. The van der Waals surface area contributed by atoms with Crippen LogP contribution in [0.2, 0.25) is 0 Å². The van der Waals surface area contributed by atoms with E-state index in [1.807, 2.05) is 0 Å². The lowest BCUT2D eigenvalue weighted by molar-refractivity contribution is -0.202. The second-order valence-corrected chi connectivity index (χ2v) is 18.6. The van der Waals surface area contributed by atoms with Gasteiger partial charge in [0.2, 0.25) is 0 Å². The van der Waals surface area contributed by atoms with Crippen molar-refractivity contribution in [3.8, 4) is 0 Å². The van der Waals surface area contributed by atoms with Gasteiger partial charge in [-0.2, -0.15) is 0 Å². The number of rotatable bonds is 9. The molecule has 4 fully saturated rings. The Morgan fingerprint density at radius 1 is 0.745 bits per heavy atom. The lowest BCUT2D eigenvalue weighted by Gasteiger charge is -2.62. The Kier molecular flexibility index (Phi) is 10.8. The van der Waals surface area contributed by atoms with Crippen LogP contribution >= 0.6 is 0 Å². The van der Waals surface area contributed by atoms with Gasteiger partial charge in [0, 0.05) is 5.92 Å². The van der Waals surface area contributed by atoms with Crippen molar-refractivity contribution in [3.05, 3.63) is 23.3 Å². The van der Waals surface area contributed by atoms with Gasteiger partial charge in [-0.15, -0.1) is 0 Å². The molecule has 4 heteroatoms. The van der Waals surface area contributed by atoms with E-state index in [-0.39, 0.29) is 47.3 Å². The number of hydrogen-bond acceptors (Lipinski definition) is 4. The summed E-state index contributed by atoms with van der Waals surface area (Å²) in [5.74, 6) is 4.73. The summed E-state index contributed by atoms with van der Waals surface area (Å²) in [7, 11) is 0. The summed E-state index contributed by atoms with van der Waals surface area (Å²) < 4.78 is 13.1. The first-order chi connectivity index (χ1) is 22.4. The summed E-state index contributed by atoms with van der Waals surface area (Å²) in [6.07, 6.45) is 23.2. The maximum atomic E-state index is 13.8. The molecule has 0 amide bonds. The minimum Gasteiger partial charge on any atom is -0.462 e. The van der Waals surface area contributed by atoms with Crippen molar-refractivity contribution in [1.29, 1.82) is 0 Å². The number of fused-ring (bicyclic) bond motifs is 5. The SMILES string of the molecule is CC1=CCC(C(=O)OC2CCC3(C)C(C2)C(OC(=O)C2CC=C(C)CC2)CC2C4CCC(C(C)CCCC(C)C)C4(C)CCC23)CC1. The lowest BCUT2D eigenvalue weighted by atomic mass is 9.43. The van der Waals surface area contributed by atoms with Crippen LogP contribution in [-0.4, -0.2) is 24.1 Å². The summed E-state index contributed by atoms with van der Waals surface area (Å²) in [6, 6.07) is 0. The standard InChI is InChI=1S/C43H68O4/c1-27(2)9-8-10-30(5)35-19-20-36-34-26-39(47-41(45)32-17-13-29(4)14-18-32)38-25-33(46-40(44)31-15-11-28(3)12-16-31)21-23-43(38,7)37(34)22-24-42(35,36)6/h11,13,27,30-39H,8-10,12,14-26H2,1-7H3. The predicted molar refractivity (Wildman–Crippen MR) is 190 cm³/mol. The van der Waals surface area contributed by atoms with Gasteiger partial charge in [0.05, 0.1) is 11.8 Å². The average Bonchev–Trinajstić information content (AvgIpc) is 3.39. The van der Waals surface area contributed by atoms with Gasteiger partial charge < -0.3 is 9.47 Å². The fraction of sp³-hybridized carbons (Fsp3) is 0.860. The van der Waals surface area contributed by atoms with Crippen LogP contribution in [0, 0.1) is 64.1 Å². The van der Waals surface area contributed by atoms with E-state index >= 15 is 0 Å². The van der Waals surface area contributed by atoms with Crippen LogP contribution < -0.4 is 0 Å². The summed E-state index contributed by atoms with van der Waals surface area (Å²) >= 11 is 0. The quantitative estimate of drug-likeness (QED) is 0.184. The number of carbonyl (C=O) groups excluding carboxylic acids is 2. The van der Waals surface area contributed by atoms with Gasteiger partial charge in [-0.25, -0.2) is 0 Å². The van der Waals surface area contributed by atoms with Crippen LogP contribution in [0.4, 0.5) is 0 Å². The fourth-order valence-electron chi connectivity index (χ4n) is 12.4. The Morgan fingerprint density at radius 2 is 1.36 bits per heavy atom. The van der Waals surface area contributed by atoms with Gasteiger partial charge in [-0.3, -0.25) is 9.59 Å². The number of carbonyl (C=O) groups is 2. The molecule has 0 aromatic carbocycles. The Morgan fingerprint density at radius 3 is 1.98 bits per heavy atom. The number of allylic oxidation sites excluding steroid dienone is 4. The van der Waals surface area contributed by atoms with E-state index in [0.29, 0.717) is 17.3 Å². The summed E-state index contributed by atoms with van der Waals surface area (Å²) in [5.41, 5.74) is 3.33. The number of hydrogen-bond donors (Lipinski definition) is 0. The average molecular weight is 649 g/mol. The topological polar surface area (TPSA) is 52.6 Å². The highest BCUT2D eigenvalue weighted by Crippen LogP contribution is 2.69. The molecule has 12 unspecified atom stereocenters. The van der Waals surface area contributed by atoms with Crippen LogP contribution in [0.15, 0.2) is 23.3 Å². The molecule has 0 bridgehead atoms. The van der Waals surface area contributed by atoms with E-state index in [1.165, 1.54) is 56.1 Å². The van der Waals surface area contributed by atoms with Gasteiger partial charge in [0.15, 0.2) is 0 Å². The second kappa shape index (κ2) is 14.3. The first-order valence-corrected chi connectivity index (χ1v) is 20.1. The Bertz CT molecular complexity index is 1200. The van der Waals surface area contributed by atoms with Crippen molar-refractivity contribution < 1.29 is 19.1 Å². The highest BCUT2D eigenvalue weighted by Gasteiger charge is 2.63. The summed E-state index contributed by atoms with van der Waals surface area (Å²) in [6.45, 7) is 16.8. The first-order valence-electron chi connectivity index (χ1n) is 20.1. The van der Waals surface area contributed by atoms with E-state index in [9.17, 15) is 9.59 Å². The second-order valence-electron chi connectivity index (χ2n) is 18.6. The zero-order valence-electron chi connectivity index (χ0n) is 31.2. The van der Waals surface area contributed by atoms with Crippen LogP contribution in [0.5, 0.6) is 0 Å². The fourth-order valence-corrected chi connectivity index (χ4v) is 12.4. The van der Waals surface area contributed by atoms with Crippen molar-refractivity contribution in [2.45, 2.75) is 170 Å². The van der Waals surface area contributed by atoms with Gasteiger partial charge >= 0.3 is 11.9 Å². The normalized spacial score (nSPS) is 42.3. The highest BCUT2D eigenvalue weighted by atomic mass is 16.6. The molecule has 47 heavy (non-hydrogen) atoms. The first kappa shape index (κ1) is 35.3. The van der Waals surface area contributed by atoms with E-state index in [1.54, 1.807) is 0 Å². The molecule has 6 aliphatic rings. The third-order valence-electron chi connectivity index (χ3n) is 15.3. The molecule has 6 aliphatic carbocycles.